The highest BCUT2D eigenvalue weighted by atomic mass is 35.5. The molecule has 6 nitrogen and oxygen atoms in total. The highest BCUT2D eigenvalue weighted by Gasteiger charge is 2.20. The zero-order valence-corrected chi connectivity index (χ0v) is 18.3. The third kappa shape index (κ3) is 4.75. The number of carbonyl (C=O) groups is 1. The molecule has 8 heteroatoms. The van der Waals surface area contributed by atoms with Crippen LogP contribution in [0.15, 0.2) is 65.6 Å². The molecule has 0 unspecified atom stereocenters. The summed E-state index contributed by atoms with van der Waals surface area (Å²) < 4.78 is 33.4. The van der Waals surface area contributed by atoms with Gasteiger partial charge < -0.3 is 10.1 Å². The topological polar surface area (TPSA) is 84.5 Å². The Labute approximate surface area is 180 Å². The summed E-state index contributed by atoms with van der Waals surface area (Å²) >= 11 is 6.10. The van der Waals surface area contributed by atoms with Gasteiger partial charge in [-0.2, -0.15) is 0 Å². The zero-order valence-electron chi connectivity index (χ0n) is 16.7. The van der Waals surface area contributed by atoms with Crippen molar-refractivity contribution in [1.29, 1.82) is 0 Å². The van der Waals surface area contributed by atoms with E-state index in [1.165, 1.54) is 13.2 Å². The second-order valence-electron chi connectivity index (χ2n) is 6.68. The first-order valence-corrected chi connectivity index (χ1v) is 10.9. The first kappa shape index (κ1) is 21.7. The van der Waals surface area contributed by atoms with Gasteiger partial charge in [0.15, 0.2) is 0 Å². The van der Waals surface area contributed by atoms with E-state index in [9.17, 15) is 13.2 Å². The molecule has 0 aliphatic heterocycles. The molecule has 0 atom stereocenters. The fourth-order valence-corrected chi connectivity index (χ4v) is 4.34. The molecule has 3 aromatic rings. The number of halogens is 1. The van der Waals surface area contributed by atoms with Gasteiger partial charge in [0.25, 0.3) is 15.9 Å². The molecule has 0 spiro atoms. The smallest absolute Gasteiger partial charge is 0.262 e. The molecule has 30 heavy (non-hydrogen) atoms. The fraction of sp³-hybridized carbons (Fsp3) is 0.136. The van der Waals surface area contributed by atoms with Crippen molar-refractivity contribution in [2.24, 2.45) is 0 Å². The minimum atomic E-state index is -3.90. The number of ether oxygens (including phenoxy) is 1. The van der Waals surface area contributed by atoms with E-state index in [4.69, 9.17) is 16.3 Å². The van der Waals surface area contributed by atoms with E-state index in [0.717, 1.165) is 5.56 Å². The Morgan fingerprint density at radius 1 is 1.00 bits per heavy atom. The second kappa shape index (κ2) is 8.77. The second-order valence-corrected chi connectivity index (χ2v) is 8.74. The minimum absolute atomic E-state index is 0.0220. The number of sulfonamides is 1. The number of anilines is 2. The van der Waals surface area contributed by atoms with Crippen molar-refractivity contribution >= 4 is 38.9 Å². The van der Waals surface area contributed by atoms with E-state index in [2.05, 4.69) is 10.0 Å². The number of hydrogen-bond donors (Lipinski definition) is 2. The number of nitrogens with one attached hydrogen (secondary N) is 2. The number of rotatable bonds is 6. The average molecular weight is 445 g/mol. The third-order valence-corrected chi connectivity index (χ3v) is 6.53. The van der Waals surface area contributed by atoms with Crippen molar-refractivity contribution < 1.29 is 17.9 Å². The Bertz CT molecular complexity index is 1190. The summed E-state index contributed by atoms with van der Waals surface area (Å²) in [6.45, 7) is 3.47. The summed E-state index contributed by atoms with van der Waals surface area (Å²) in [5, 5.41) is 3.31. The minimum Gasteiger partial charge on any atom is -0.497 e. The van der Waals surface area contributed by atoms with Crippen LogP contribution in [-0.2, 0) is 10.0 Å². The molecule has 0 bridgehead atoms. The van der Waals surface area contributed by atoms with Gasteiger partial charge in [-0.3, -0.25) is 9.52 Å². The molecule has 1 amide bonds. The summed E-state index contributed by atoms with van der Waals surface area (Å²) in [7, 11) is -2.37. The molecule has 2 N–H and O–H groups in total. The van der Waals surface area contributed by atoms with E-state index in [1.807, 2.05) is 0 Å². The number of benzene rings is 3. The number of methoxy groups -OCH3 is 1. The Morgan fingerprint density at radius 3 is 2.37 bits per heavy atom. The molecule has 0 heterocycles. The van der Waals surface area contributed by atoms with Crippen LogP contribution < -0.4 is 14.8 Å². The predicted molar refractivity (Wildman–Crippen MR) is 119 cm³/mol. The normalized spacial score (nSPS) is 11.1. The van der Waals surface area contributed by atoms with Crippen LogP contribution in [0, 0.1) is 13.8 Å². The maximum absolute atomic E-state index is 12.9. The van der Waals surface area contributed by atoms with Gasteiger partial charge in [-0.15, -0.1) is 0 Å². The molecule has 0 fully saturated rings. The van der Waals surface area contributed by atoms with Crippen LogP contribution >= 0.6 is 11.6 Å². The van der Waals surface area contributed by atoms with E-state index < -0.39 is 15.9 Å². The summed E-state index contributed by atoms with van der Waals surface area (Å²) in [5.74, 6) is 0.186. The Morgan fingerprint density at radius 2 is 1.70 bits per heavy atom. The SMILES string of the molecule is COc1ccc(NS(=O)(=O)c2cc(C(=O)Nc3cccc(Cl)c3C)ccc2C)cc1. The first-order chi connectivity index (χ1) is 14.2. The fourth-order valence-electron chi connectivity index (χ4n) is 2.84. The summed E-state index contributed by atoms with van der Waals surface area (Å²) in [6, 6.07) is 16.2. The first-order valence-electron chi connectivity index (χ1n) is 9.05. The lowest BCUT2D eigenvalue weighted by atomic mass is 10.1. The van der Waals surface area contributed by atoms with Crippen molar-refractivity contribution in [2.75, 3.05) is 17.1 Å². The van der Waals surface area contributed by atoms with Crippen LogP contribution in [0.3, 0.4) is 0 Å². The highest BCUT2D eigenvalue weighted by molar-refractivity contribution is 7.92. The van der Waals surface area contributed by atoms with E-state index in [0.29, 0.717) is 27.7 Å². The van der Waals surface area contributed by atoms with Gasteiger partial charge >= 0.3 is 0 Å². The van der Waals surface area contributed by atoms with Gasteiger partial charge in [-0.1, -0.05) is 23.7 Å². The van der Waals surface area contributed by atoms with Crippen LogP contribution in [0.4, 0.5) is 11.4 Å². The van der Waals surface area contributed by atoms with Crippen molar-refractivity contribution in [1.82, 2.24) is 0 Å². The van der Waals surface area contributed by atoms with E-state index >= 15 is 0 Å². The van der Waals surface area contributed by atoms with E-state index in [1.54, 1.807) is 68.4 Å². The highest BCUT2D eigenvalue weighted by Crippen LogP contribution is 2.25. The van der Waals surface area contributed by atoms with E-state index in [-0.39, 0.29) is 10.5 Å². The lowest BCUT2D eigenvalue weighted by molar-refractivity contribution is 0.102. The number of aryl methyl sites for hydroxylation is 1. The summed E-state index contributed by atoms with van der Waals surface area (Å²) in [6.07, 6.45) is 0. The van der Waals surface area contributed by atoms with Gasteiger partial charge in [0.2, 0.25) is 0 Å². The van der Waals surface area contributed by atoms with Crippen LogP contribution in [-0.4, -0.2) is 21.4 Å². The van der Waals surface area contributed by atoms with Crippen molar-refractivity contribution in [3.63, 3.8) is 0 Å². The van der Waals surface area contributed by atoms with Crippen LogP contribution in [0.25, 0.3) is 0 Å². The van der Waals surface area contributed by atoms with Crippen LogP contribution in [0.5, 0.6) is 5.75 Å². The molecular formula is C22H21ClN2O4S. The molecule has 0 aliphatic carbocycles. The van der Waals surface area contributed by atoms with Crippen LogP contribution in [0.2, 0.25) is 5.02 Å². The van der Waals surface area contributed by atoms with Gasteiger partial charge in [0.1, 0.15) is 5.75 Å². The predicted octanol–water partition coefficient (Wildman–Crippen LogP) is 5.02. The maximum Gasteiger partial charge on any atom is 0.262 e. The van der Waals surface area contributed by atoms with Gasteiger partial charge in [-0.05, 0) is 73.5 Å². The standard InChI is InChI=1S/C22H21ClN2O4S/c1-14-7-8-16(22(26)24-20-6-4-5-19(23)15(20)2)13-21(14)30(27,28)25-17-9-11-18(29-3)12-10-17/h4-13,25H,1-3H3,(H,24,26). The summed E-state index contributed by atoms with van der Waals surface area (Å²) in [5.41, 5.74) is 2.42. The number of amides is 1. The van der Waals surface area contributed by atoms with Crippen molar-refractivity contribution in [2.45, 2.75) is 18.7 Å². The average Bonchev–Trinajstić information content (AvgIpc) is 2.72. The molecule has 0 aliphatic rings. The molecule has 3 aromatic carbocycles. The molecule has 156 valence electrons. The molecule has 3 rings (SSSR count). The Hall–Kier alpha value is -3.03. The number of carbonyl (C=O) groups excluding carboxylic acids is 1. The van der Waals surface area contributed by atoms with Crippen molar-refractivity contribution in [3.05, 3.63) is 82.4 Å². The maximum atomic E-state index is 12.9. The van der Waals surface area contributed by atoms with Gasteiger partial charge in [0.05, 0.1) is 12.0 Å². The molecule has 0 saturated heterocycles. The van der Waals surface area contributed by atoms with Crippen molar-refractivity contribution in [3.8, 4) is 5.75 Å². The van der Waals surface area contributed by atoms with Gasteiger partial charge in [0, 0.05) is 22.0 Å². The summed E-state index contributed by atoms with van der Waals surface area (Å²) in [4.78, 5) is 12.7. The Balaban J connectivity index is 1.88. The largest absolute Gasteiger partial charge is 0.497 e. The lowest BCUT2D eigenvalue weighted by Gasteiger charge is -2.13. The molecular weight excluding hydrogens is 424 g/mol. The monoisotopic (exact) mass is 444 g/mol. The van der Waals surface area contributed by atoms with Crippen LogP contribution in [0.1, 0.15) is 21.5 Å². The molecule has 0 aromatic heterocycles. The zero-order chi connectivity index (χ0) is 21.9. The Kier molecular flexibility index (Phi) is 6.34. The quantitative estimate of drug-likeness (QED) is 0.559. The van der Waals surface area contributed by atoms with Gasteiger partial charge in [-0.25, -0.2) is 8.42 Å². The number of hydrogen-bond acceptors (Lipinski definition) is 4. The lowest BCUT2D eigenvalue weighted by Crippen LogP contribution is -2.17. The molecule has 0 saturated carbocycles. The third-order valence-electron chi connectivity index (χ3n) is 4.60. The molecule has 0 radical (unpaired) electrons.